The summed E-state index contributed by atoms with van der Waals surface area (Å²) in [5, 5.41) is 2.22. The van der Waals surface area contributed by atoms with Crippen LogP contribution in [-0.4, -0.2) is 16.5 Å². The summed E-state index contributed by atoms with van der Waals surface area (Å²) in [6.07, 6.45) is -4.54. The Morgan fingerprint density at radius 3 is 2.62 bits per heavy atom. The van der Waals surface area contributed by atoms with Crippen LogP contribution in [0.3, 0.4) is 0 Å². The standard InChI is InChI=1S/C9H9ClF3N3/c1-5(2)4-14-7-3-6(9(11,12)13)15-8(10)16-7/h3H,1,4H2,2H3,(H,14,15,16). The Balaban J connectivity index is 2.94. The van der Waals surface area contributed by atoms with Crippen LogP contribution in [0.2, 0.25) is 5.28 Å². The van der Waals surface area contributed by atoms with Crippen molar-refractivity contribution >= 4 is 17.4 Å². The fourth-order valence-electron chi connectivity index (χ4n) is 0.895. The lowest BCUT2D eigenvalue weighted by molar-refractivity contribution is -0.141. The molecule has 0 fully saturated rings. The second-order valence-electron chi connectivity index (χ2n) is 3.22. The van der Waals surface area contributed by atoms with Gasteiger partial charge in [-0.3, -0.25) is 0 Å². The Morgan fingerprint density at radius 2 is 2.12 bits per heavy atom. The molecule has 0 saturated carbocycles. The molecule has 1 aromatic heterocycles. The molecule has 1 rings (SSSR count). The van der Waals surface area contributed by atoms with Crippen molar-refractivity contribution < 1.29 is 13.2 Å². The van der Waals surface area contributed by atoms with E-state index in [0.717, 1.165) is 11.6 Å². The highest BCUT2D eigenvalue weighted by Gasteiger charge is 2.33. The van der Waals surface area contributed by atoms with Crippen LogP contribution < -0.4 is 5.32 Å². The van der Waals surface area contributed by atoms with Crippen molar-refractivity contribution in [2.75, 3.05) is 11.9 Å². The van der Waals surface area contributed by atoms with Gasteiger partial charge in [-0.2, -0.15) is 13.2 Å². The van der Waals surface area contributed by atoms with Crippen LogP contribution in [0.4, 0.5) is 19.0 Å². The van der Waals surface area contributed by atoms with E-state index >= 15 is 0 Å². The number of rotatable bonds is 3. The third-order valence-electron chi connectivity index (χ3n) is 1.56. The van der Waals surface area contributed by atoms with E-state index in [-0.39, 0.29) is 5.82 Å². The number of nitrogens with one attached hydrogen (secondary N) is 1. The summed E-state index contributed by atoms with van der Waals surface area (Å²) in [4.78, 5) is 6.72. The van der Waals surface area contributed by atoms with E-state index in [9.17, 15) is 13.2 Å². The Morgan fingerprint density at radius 1 is 1.50 bits per heavy atom. The Labute approximate surface area is 95.4 Å². The monoisotopic (exact) mass is 251 g/mol. The molecule has 1 heterocycles. The van der Waals surface area contributed by atoms with Crippen LogP contribution in [0.5, 0.6) is 0 Å². The van der Waals surface area contributed by atoms with Gasteiger partial charge < -0.3 is 5.32 Å². The smallest absolute Gasteiger partial charge is 0.366 e. The van der Waals surface area contributed by atoms with Crippen LogP contribution in [0.25, 0.3) is 0 Å². The molecule has 0 atom stereocenters. The van der Waals surface area contributed by atoms with E-state index in [2.05, 4.69) is 21.9 Å². The quantitative estimate of drug-likeness (QED) is 0.662. The first kappa shape index (κ1) is 12.8. The van der Waals surface area contributed by atoms with Gasteiger partial charge in [-0.25, -0.2) is 9.97 Å². The van der Waals surface area contributed by atoms with Crippen molar-refractivity contribution in [3.05, 3.63) is 29.2 Å². The van der Waals surface area contributed by atoms with Crippen molar-refractivity contribution in [1.29, 1.82) is 0 Å². The third kappa shape index (κ3) is 3.69. The maximum absolute atomic E-state index is 12.4. The zero-order chi connectivity index (χ0) is 12.3. The average Bonchev–Trinajstić information content (AvgIpc) is 2.12. The molecule has 88 valence electrons. The fourth-order valence-corrected chi connectivity index (χ4v) is 1.08. The largest absolute Gasteiger partial charge is 0.433 e. The van der Waals surface area contributed by atoms with E-state index < -0.39 is 17.2 Å². The maximum atomic E-state index is 12.4. The van der Waals surface area contributed by atoms with Gasteiger partial charge in [0.05, 0.1) is 0 Å². The summed E-state index contributed by atoms with van der Waals surface area (Å²) in [6, 6.07) is 0.800. The van der Waals surface area contributed by atoms with Crippen molar-refractivity contribution in [2.24, 2.45) is 0 Å². The van der Waals surface area contributed by atoms with Gasteiger partial charge in [0.25, 0.3) is 0 Å². The SMILES string of the molecule is C=C(C)CNc1cc(C(F)(F)F)nc(Cl)n1. The van der Waals surface area contributed by atoms with Gasteiger partial charge in [0.2, 0.25) is 5.28 Å². The van der Waals surface area contributed by atoms with E-state index in [4.69, 9.17) is 11.6 Å². The van der Waals surface area contributed by atoms with Gasteiger partial charge in [-0.15, -0.1) is 0 Å². The molecule has 0 aliphatic rings. The van der Waals surface area contributed by atoms with Gasteiger partial charge in [0.15, 0.2) is 5.69 Å². The van der Waals surface area contributed by atoms with Gasteiger partial charge in [0, 0.05) is 12.6 Å². The van der Waals surface area contributed by atoms with Gasteiger partial charge in [-0.1, -0.05) is 12.2 Å². The van der Waals surface area contributed by atoms with E-state index in [1.165, 1.54) is 0 Å². The highest BCUT2D eigenvalue weighted by Crippen LogP contribution is 2.29. The molecule has 0 spiro atoms. The molecule has 1 N–H and O–H groups in total. The van der Waals surface area contributed by atoms with Gasteiger partial charge in [-0.05, 0) is 18.5 Å². The first-order valence-corrected chi connectivity index (χ1v) is 4.67. The number of nitrogens with zero attached hydrogens (tertiary/aromatic N) is 2. The summed E-state index contributed by atoms with van der Waals surface area (Å²) < 4.78 is 37.1. The average molecular weight is 252 g/mol. The summed E-state index contributed by atoms with van der Waals surface area (Å²) in [5.74, 6) is 0.0234. The predicted octanol–water partition coefficient (Wildman–Crippen LogP) is 3.14. The number of anilines is 1. The third-order valence-corrected chi connectivity index (χ3v) is 1.73. The van der Waals surface area contributed by atoms with E-state index in [1.54, 1.807) is 6.92 Å². The molecule has 0 aliphatic heterocycles. The minimum absolute atomic E-state index is 0.0234. The normalized spacial score (nSPS) is 11.3. The molecule has 0 unspecified atom stereocenters. The fraction of sp³-hybridized carbons (Fsp3) is 0.333. The first-order chi connectivity index (χ1) is 7.29. The molecular weight excluding hydrogens is 243 g/mol. The van der Waals surface area contributed by atoms with Gasteiger partial charge in [0.1, 0.15) is 5.82 Å². The van der Waals surface area contributed by atoms with Gasteiger partial charge >= 0.3 is 6.18 Å². The molecular formula is C9H9ClF3N3. The molecule has 3 nitrogen and oxygen atoms in total. The molecule has 0 radical (unpaired) electrons. The highest BCUT2D eigenvalue weighted by atomic mass is 35.5. The summed E-state index contributed by atoms with van der Waals surface area (Å²) in [6.45, 7) is 5.66. The number of hydrogen-bond donors (Lipinski definition) is 1. The first-order valence-electron chi connectivity index (χ1n) is 4.29. The molecule has 0 saturated heterocycles. The lowest BCUT2D eigenvalue weighted by Gasteiger charge is -2.09. The van der Waals surface area contributed by atoms with E-state index in [1.807, 2.05) is 0 Å². The predicted molar refractivity (Wildman–Crippen MR) is 55.3 cm³/mol. The zero-order valence-corrected chi connectivity index (χ0v) is 9.15. The Bertz CT molecular complexity index is 403. The van der Waals surface area contributed by atoms with Crippen LogP contribution in [-0.2, 0) is 6.18 Å². The highest BCUT2D eigenvalue weighted by molar-refractivity contribution is 6.28. The number of hydrogen-bond acceptors (Lipinski definition) is 3. The molecule has 0 aromatic carbocycles. The lowest BCUT2D eigenvalue weighted by Crippen LogP contribution is -2.11. The van der Waals surface area contributed by atoms with Crippen molar-refractivity contribution in [3.8, 4) is 0 Å². The second kappa shape index (κ2) is 4.69. The summed E-state index contributed by atoms with van der Waals surface area (Å²) >= 11 is 5.39. The Hall–Kier alpha value is -1.30. The molecule has 1 aromatic rings. The van der Waals surface area contributed by atoms with Crippen LogP contribution in [0.1, 0.15) is 12.6 Å². The summed E-state index contributed by atoms with van der Waals surface area (Å²) in [5.41, 5.74) is -0.306. The molecule has 0 aliphatic carbocycles. The lowest BCUT2D eigenvalue weighted by atomic mass is 10.3. The molecule has 0 bridgehead atoms. The molecule has 7 heteroatoms. The van der Waals surface area contributed by atoms with Crippen molar-refractivity contribution in [2.45, 2.75) is 13.1 Å². The maximum Gasteiger partial charge on any atom is 0.433 e. The Kier molecular flexibility index (Phi) is 3.74. The van der Waals surface area contributed by atoms with E-state index in [0.29, 0.717) is 6.54 Å². The van der Waals surface area contributed by atoms with Crippen molar-refractivity contribution in [1.82, 2.24) is 9.97 Å². The van der Waals surface area contributed by atoms with Crippen LogP contribution >= 0.6 is 11.6 Å². The zero-order valence-electron chi connectivity index (χ0n) is 8.40. The summed E-state index contributed by atoms with van der Waals surface area (Å²) in [7, 11) is 0. The minimum Gasteiger partial charge on any atom is -0.366 e. The number of halogens is 4. The number of aromatic nitrogens is 2. The van der Waals surface area contributed by atoms with Crippen LogP contribution in [0.15, 0.2) is 18.2 Å². The molecule has 0 amide bonds. The molecule has 16 heavy (non-hydrogen) atoms. The number of alkyl halides is 3. The van der Waals surface area contributed by atoms with Crippen LogP contribution in [0, 0.1) is 0 Å². The second-order valence-corrected chi connectivity index (χ2v) is 3.55. The minimum atomic E-state index is -4.54. The van der Waals surface area contributed by atoms with Crippen molar-refractivity contribution in [3.63, 3.8) is 0 Å². The topological polar surface area (TPSA) is 37.8 Å².